The summed E-state index contributed by atoms with van der Waals surface area (Å²) in [6, 6.07) is 8.79. The Kier molecular flexibility index (Phi) is 5.06. The molecule has 1 aromatic rings. The Morgan fingerprint density at radius 3 is 2.55 bits per heavy atom. The standard InChI is InChI=1S/C17H28N2O/c1-4-16-12-17(13-18,10-11-20-16)19(5-2)15-8-6-14(3)7-9-15/h6-9,16H,4-5,10-13,18H2,1-3H3. The lowest BCUT2D eigenvalue weighted by atomic mass is 9.83. The summed E-state index contributed by atoms with van der Waals surface area (Å²) in [5, 5.41) is 0. The summed E-state index contributed by atoms with van der Waals surface area (Å²) < 4.78 is 5.85. The Morgan fingerprint density at radius 1 is 1.30 bits per heavy atom. The zero-order chi connectivity index (χ0) is 14.6. The Balaban J connectivity index is 2.28. The molecule has 20 heavy (non-hydrogen) atoms. The third-order valence-corrected chi connectivity index (χ3v) is 4.60. The van der Waals surface area contributed by atoms with Gasteiger partial charge in [-0.05, 0) is 45.2 Å². The van der Waals surface area contributed by atoms with Crippen molar-refractivity contribution in [3.63, 3.8) is 0 Å². The van der Waals surface area contributed by atoms with Crippen LogP contribution in [0, 0.1) is 6.92 Å². The Hall–Kier alpha value is -1.06. The Labute approximate surface area is 123 Å². The van der Waals surface area contributed by atoms with Gasteiger partial charge in [0.05, 0.1) is 11.6 Å². The molecule has 2 N–H and O–H groups in total. The van der Waals surface area contributed by atoms with Gasteiger partial charge >= 0.3 is 0 Å². The molecule has 1 heterocycles. The van der Waals surface area contributed by atoms with Crippen LogP contribution in [0.2, 0.25) is 0 Å². The van der Waals surface area contributed by atoms with E-state index < -0.39 is 0 Å². The second-order valence-corrected chi connectivity index (χ2v) is 5.86. The molecule has 1 aliphatic rings. The molecule has 0 bridgehead atoms. The van der Waals surface area contributed by atoms with E-state index in [0.717, 1.165) is 32.4 Å². The molecular formula is C17H28N2O. The van der Waals surface area contributed by atoms with Gasteiger partial charge in [0.15, 0.2) is 0 Å². The van der Waals surface area contributed by atoms with Crippen LogP contribution < -0.4 is 10.6 Å². The molecule has 0 aromatic heterocycles. The van der Waals surface area contributed by atoms with Gasteiger partial charge in [0.2, 0.25) is 0 Å². The van der Waals surface area contributed by atoms with Gasteiger partial charge < -0.3 is 15.4 Å². The first-order valence-corrected chi connectivity index (χ1v) is 7.81. The number of nitrogens with two attached hydrogens (primary N) is 1. The number of nitrogens with zero attached hydrogens (tertiary/aromatic N) is 1. The number of anilines is 1. The normalized spacial score (nSPS) is 26.5. The average molecular weight is 276 g/mol. The van der Waals surface area contributed by atoms with Crippen molar-refractivity contribution in [2.24, 2.45) is 5.73 Å². The second kappa shape index (κ2) is 6.59. The number of rotatable bonds is 5. The lowest BCUT2D eigenvalue weighted by Crippen LogP contribution is -2.58. The summed E-state index contributed by atoms with van der Waals surface area (Å²) >= 11 is 0. The van der Waals surface area contributed by atoms with Gasteiger partial charge in [-0.1, -0.05) is 24.6 Å². The molecule has 1 aliphatic heterocycles. The van der Waals surface area contributed by atoms with Gasteiger partial charge in [-0.15, -0.1) is 0 Å². The van der Waals surface area contributed by atoms with Crippen molar-refractivity contribution in [2.45, 2.75) is 51.7 Å². The van der Waals surface area contributed by atoms with E-state index in [2.05, 4.69) is 49.9 Å². The highest BCUT2D eigenvalue weighted by molar-refractivity contribution is 5.50. The van der Waals surface area contributed by atoms with Crippen LogP contribution in [0.4, 0.5) is 5.69 Å². The van der Waals surface area contributed by atoms with E-state index in [-0.39, 0.29) is 5.54 Å². The molecule has 0 radical (unpaired) electrons. The molecule has 2 rings (SSSR count). The smallest absolute Gasteiger partial charge is 0.0595 e. The molecular weight excluding hydrogens is 248 g/mol. The van der Waals surface area contributed by atoms with Crippen LogP contribution in [0.15, 0.2) is 24.3 Å². The average Bonchev–Trinajstić information content (AvgIpc) is 2.50. The highest BCUT2D eigenvalue weighted by Gasteiger charge is 2.40. The highest BCUT2D eigenvalue weighted by Crippen LogP contribution is 2.35. The molecule has 0 aliphatic carbocycles. The van der Waals surface area contributed by atoms with Gasteiger partial charge in [0, 0.05) is 25.4 Å². The summed E-state index contributed by atoms with van der Waals surface area (Å²) in [7, 11) is 0. The summed E-state index contributed by atoms with van der Waals surface area (Å²) in [4.78, 5) is 2.48. The maximum absolute atomic E-state index is 6.20. The topological polar surface area (TPSA) is 38.5 Å². The first-order chi connectivity index (χ1) is 9.65. The largest absolute Gasteiger partial charge is 0.378 e. The molecule has 2 unspecified atom stereocenters. The molecule has 2 atom stereocenters. The van der Waals surface area contributed by atoms with E-state index in [0.29, 0.717) is 12.6 Å². The molecule has 1 aromatic carbocycles. The lowest BCUT2D eigenvalue weighted by Gasteiger charge is -2.49. The SMILES string of the molecule is CCC1CC(CN)(N(CC)c2ccc(C)cc2)CCO1. The Bertz CT molecular complexity index is 418. The van der Waals surface area contributed by atoms with Crippen molar-refractivity contribution < 1.29 is 4.74 Å². The number of ether oxygens (including phenoxy) is 1. The Morgan fingerprint density at radius 2 is 2.00 bits per heavy atom. The maximum Gasteiger partial charge on any atom is 0.0595 e. The van der Waals surface area contributed by atoms with Gasteiger partial charge in [0.25, 0.3) is 0 Å². The van der Waals surface area contributed by atoms with E-state index in [9.17, 15) is 0 Å². The van der Waals surface area contributed by atoms with E-state index in [4.69, 9.17) is 10.5 Å². The quantitative estimate of drug-likeness (QED) is 0.898. The minimum atomic E-state index is 0.0446. The molecule has 3 heteroatoms. The van der Waals surface area contributed by atoms with Crippen LogP contribution in [0.5, 0.6) is 0 Å². The monoisotopic (exact) mass is 276 g/mol. The van der Waals surface area contributed by atoms with Crippen LogP contribution in [0.1, 0.15) is 38.7 Å². The first-order valence-electron chi connectivity index (χ1n) is 7.81. The zero-order valence-corrected chi connectivity index (χ0v) is 13.1. The second-order valence-electron chi connectivity index (χ2n) is 5.86. The fourth-order valence-electron chi connectivity index (χ4n) is 3.32. The number of hydrogen-bond acceptors (Lipinski definition) is 3. The van der Waals surface area contributed by atoms with Gasteiger partial charge in [-0.2, -0.15) is 0 Å². The lowest BCUT2D eigenvalue weighted by molar-refractivity contribution is -0.0197. The van der Waals surface area contributed by atoms with E-state index in [1.54, 1.807) is 0 Å². The van der Waals surface area contributed by atoms with Crippen molar-refractivity contribution >= 4 is 5.69 Å². The molecule has 1 saturated heterocycles. The van der Waals surface area contributed by atoms with E-state index in [1.807, 2.05) is 0 Å². The fraction of sp³-hybridized carbons (Fsp3) is 0.647. The third-order valence-electron chi connectivity index (χ3n) is 4.60. The van der Waals surface area contributed by atoms with Crippen molar-refractivity contribution in [3.05, 3.63) is 29.8 Å². The van der Waals surface area contributed by atoms with Crippen LogP contribution in [0.3, 0.4) is 0 Å². The van der Waals surface area contributed by atoms with E-state index in [1.165, 1.54) is 11.3 Å². The molecule has 3 nitrogen and oxygen atoms in total. The summed E-state index contributed by atoms with van der Waals surface area (Å²) in [5.41, 5.74) is 8.82. The van der Waals surface area contributed by atoms with Crippen LogP contribution in [0.25, 0.3) is 0 Å². The maximum atomic E-state index is 6.20. The molecule has 0 spiro atoms. The number of likely N-dealkylation sites (N-methyl/N-ethyl adjacent to an activating group) is 1. The summed E-state index contributed by atoms with van der Waals surface area (Å²) in [5.74, 6) is 0. The minimum absolute atomic E-state index is 0.0446. The number of benzene rings is 1. The number of aryl methyl sites for hydroxylation is 1. The van der Waals surface area contributed by atoms with Crippen molar-refractivity contribution in [2.75, 3.05) is 24.6 Å². The zero-order valence-electron chi connectivity index (χ0n) is 13.1. The molecule has 1 fully saturated rings. The first kappa shape index (κ1) is 15.3. The van der Waals surface area contributed by atoms with E-state index >= 15 is 0 Å². The highest BCUT2D eigenvalue weighted by atomic mass is 16.5. The molecule has 0 saturated carbocycles. The van der Waals surface area contributed by atoms with Crippen molar-refractivity contribution in [1.29, 1.82) is 0 Å². The van der Waals surface area contributed by atoms with Gasteiger partial charge in [-0.3, -0.25) is 0 Å². The van der Waals surface area contributed by atoms with Crippen molar-refractivity contribution in [3.8, 4) is 0 Å². The van der Waals surface area contributed by atoms with Gasteiger partial charge in [0.1, 0.15) is 0 Å². The third kappa shape index (κ3) is 2.99. The van der Waals surface area contributed by atoms with Crippen LogP contribution >= 0.6 is 0 Å². The fourth-order valence-corrected chi connectivity index (χ4v) is 3.32. The molecule has 0 amide bonds. The summed E-state index contributed by atoms with van der Waals surface area (Å²) in [6.07, 6.45) is 3.45. The predicted molar refractivity (Wildman–Crippen MR) is 85.2 cm³/mol. The van der Waals surface area contributed by atoms with Crippen LogP contribution in [-0.2, 0) is 4.74 Å². The predicted octanol–water partition coefficient (Wildman–Crippen LogP) is 3.11. The number of hydrogen-bond donors (Lipinski definition) is 1. The van der Waals surface area contributed by atoms with Crippen LogP contribution in [-0.4, -0.2) is 31.3 Å². The van der Waals surface area contributed by atoms with Crippen molar-refractivity contribution in [1.82, 2.24) is 0 Å². The van der Waals surface area contributed by atoms with Gasteiger partial charge in [-0.25, -0.2) is 0 Å². The minimum Gasteiger partial charge on any atom is -0.378 e. The summed E-state index contributed by atoms with van der Waals surface area (Å²) in [6.45, 7) is 9.02. The molecule has 112 valence electrons.